The second-order valence-corrected chi connectivity index (χ2v) is 6.77. The molecule has 0 heterocycles. The fraction of sp³-hybridized carbons (Fsp3) is 0.188. The number of benzene rings is 2. The van der Waals surface area contributed by atoms with Crippen LogP contribution >= 0.6 is 31.9 Å². The Balaban J connectivity index is 2.47. The minimum Gasteiger partial charge on any atom is -0.456 e. The summed E-state index contributed by atoms with van der Waals surface area (Å²) in [7, 11) is 0. The lowest BCUT2D eigenvalue weighted by atomic mass is 10.0. The van der Waals surface area contributed by atoms with Crippen molar-refractivity contribution in [3.8, 4) is 11.5 Å². The highest BCUT2D eigenvalue weighted by Crippen LogP contribution is 2.35. The van der Waals surface area contributed by atoms with Crippen LogP contribution in [-0.4, -0.2) is 5.91 Å². The number of hydrogen-bond acceptors (Lipinski definition) is 2. The Hall–Kier alpha value is -1.33. The molecule has 0 fully saturated rings. The van der Waals surface area contributed by atoms with Crippen molar-refractivity contribution in [2.45, 2.75) is 19.8 Å². The van der Waals surface area contributed by atoms with Gasteiger partial charge in [-0.15, -0.1) is 0 Å². The molecule has 2 N–H and O–H groups in total. The maximum atomic E-state index is 11.5. The Labute approximate surface area is 140 Å². The maximum absolute atomic E-state index is 11.5. The zero-order valence-electron chi connectivity index (χ0n) is 11.7. The van der Waals surface area contributed by atoms with Crippen LogP contribution in [0, 0.1) is 0 Å². The van der Waals surface area contributed by atoms with Gasteiger partial charge < -0.3 is 10.5 Å². The maximum Gasteiger partial charge on any atom is 0.252 e. The average Bonchev–Trinajstić information content (AvgIpc) is 2.40. The van der Waals surface area contributed by atoms with Gasteiger partial charge in [-0.3, -0.25) is 4.79 Å². The minimum absolute atomic E-state index is 0.293. The van der Waals surface area contributed by atoms with Gasteiger partial charge in [-0.05, 0) is 47.9 Å². The zero-order chi connectivity index (χ0) is 15.6. The molecule has 0 bridgehead atoms. The van der Waals surface area contributed by atoms with Gasteiger partial charge in [0.05, 0.1) is 5.56 Å². The van der Waals surface area contributed by atoms with Crippen LogP contribution in [0.3, 0.4) is 0 Å². The van der Waals surface area contributed by atoms with Crippen LogP contribution in [0.25, 0.3) is 0 Å². The van der Waals surface area contributed by atoms with Gasteiger partial charge in [-0.25, -0.2) is 0 Å². The monoisotopic (exact) mass is 411 g/mol. The summed E-state index contributed by atoms with van der Waals surface area (Å²) >= 11 is 6.84. The first-order chi connectivity index (χ1) is 9.88. The van der Waals surface area contributed by atoms with Gasteiger partial charge in [0.2, 0.25) is 0 Å². The first-order valence-corrected chi connectivity index (χ1v) is 8.03. The molecule has 0 radical (unpaired) electrons. The van der Waals surface area contributed by atoms with Gasteiger partial charge in [0.25, 0.3) is 5.91 Å². The molecule has 0 saturated heterocycles. The van der Waals surface area contributed by atoms with Crippen molar-refractivity contribution >= 4 is 37.8 Å². The lowest BCUT2D eigenvalue weighted by Gasteiger charge is -2.16. The highest BCUT2D eigenvalue weighted by Gasteiger charge is 2.14. The molecule has 5 heteroatoms. The summed E-state index contributed by atoms with van der Waals surface area (Å²) in [5.74, 6) is 0.942. The molecule has 0 spiro atoms. The number of carbonyl (C=O) groups excluding carboxylic acids is 1. The molecule has 2 aromatic rings. The predicted molar refractivity (Wildman–Crippen MR) is 91.0 cm³/mol. The Bertz CT molecular complexity index is 684. The number of nitrogens with two attached hydrogens (primary N) is 1. The summed E-state index contributed by atoms with van der Waals surface area (Å²) < 4.78 is 7.76. The Kier molecular flexibility index (Phi) is 5.06. The molecule has 2 aromatic carbocycles. The molecule has 21 heavy (non-hydrogen) atoms. The van der Waals surface area contributed by atoms with Crippen LogP contribution < -0.4 is 10.5 Å². The average molecular weight is 413 g/mol. The van der Waals surface area contributed by atoms with Crippen LogP contribution in [0.4, 0.5) is 0 Å². The molecule has 3 nitrogen and oxygen atoms in total. The van der Waals surface area contributed by atoms with Crippen molar-refractivity contribution in [2.75, 3.05) is 0 Å². The topological polar surface area (TPSA) is 52.3 Å². The van der Waals surface area contributed by atoms with Crippen molar-refractivity contribution in [2.24, 2.45) is 5.73 Å². The Morgan fingerprint density at radius 2 is 1.67 bits per heavy atom. The van der Waals surface area contributed by atoms with E-state index in [2.05, 4.69) is 45.7 Å². The van der Waals surface area contributed by atoms with Crippen LogP contribution in [0.15, 0.2) is 45.3 Å². The number of amides is 1. The fourth-order valence-electron chi connectivity index (χ4n) is 1.97. The molecule has 0 aliphatic carbocycles. The number of hydrogen-bond donors (Lipinski definition) is 1. The summed E-state index contributed by atoms with van der Waals surface area (Å²) in [6, 6.07) is 11.0. The fourth-order valence-corrected chi connectivity index (χ4v) is 2.68. The summed E-state index contributed by atoms with van der Waals surface area (Å²) in [5, 5.41) is 0. The van der Waals surface area contributed by atoms with Gasteiger partial charge in [0.15, 0.2) is 0 Å². The van der Waals surface area contributed by atoms with E-state index in [1.54, 1.807) is 18.2 Å². The minimum atomic E-state index is -0.513. The molecule has 110 valence electrons. The molecule has 0 aliphatic rings. The van der Waals surface area contributed by atoms with Crippen molar-refractivity contribution in [1.82, 2.24) is 0 Å². The molecular formula is C16H15Br2NO2. The summed E-state index contributed by atoms with van der Waals surface area (Å²) in [6.45, 7) is 4.18. The van der Waals surface area contributed by atoms with E-state index in [9.17, 15) is 4.79 Å². The quantitative estimate of drug-likeness (QED) is 0.747. The third-order valence-electron chi connectivity index (χ3n) is 3.02. The largest absolute Gasteiger partial charge is 0.456 e. The summed E-state index contributed by atoms with van der Waals surface area (Å²) in [4.78, 5) is 11.5. The predicted octanol–water partition coefficient (Wildman–Crippen LogP) is 5.23. The van der Waals surface area contributed by atoms with E-state index in [-0.39, 0.29) is 0 Å². The molecule has 0 saturated carbocycles. The first kappa shape index (κ1) is 16.0. The van der Waals surface area contributed by atoms with Gasteiger partial charge in [0.1, 0.15) is 11.5 Å². The third kappa shape index (κ3) is 3.86. The number of halogens is 2. The van der Waals surface area contributed by atoms with Crippen LogP contribution in [0.2, 0.25) is 0 Å². The van der Waals surface area contributed by atoms with E-state index in [4.69, 9.17) is 10.5 Å². The highest BCUT2D eigenvalue weighted by molar-refractivity contribution is 9.10. The van der Waals surface area contributed by atoms with Gasteiger partial charge in [-0.1, -0.05) is 45.7 Å². The van der Waals surface area contributed by atoms with Gasteiger partial charge >= 0.3 is 0 Å². The lowest BCUT2D eigenvalue weighted by molar-refractivity contribution is 0.0998. The van der Waals surface area contributed by atoms with Crippen molar-refractivity contribution < 1.29 is 9.53 Å². The van der Waals surface area contributed by atoms with E-state index in [1.165, 1.54) is 0 Å². The lowest BCUT2D eigenvalue weighted by Crippen LogP contribution is -2.12. The molecule has 0 atom stereocenters. The smallest absolute Gasteiger partial charge is 0.252 e. The summed E-state index contributed by atoms with van der Waals surface area (Å²) in [5.41, 5.74) is 6.81. The van der Waals surface area contributed by atoms with Crippen molar-refractivity contribution in [3.05, 3.63) is 56.5 Å². The standard InChI is InChI=1S/C16H15Br2NO2/c1-9(2)13-7-10(17)4-6-14(13)21-15-8-11(18)3-5-12(15)16(19)20/h3-9H,1-2H3,(H2,19,20). The number of ether oxygens (including phenoxy) is 1. The molecule has 1 amide bonds. The number of carbonyl (C=O) groups is 1. The van der Waals surface area contributed by atoms with Crippen molar-refractivity contribution in [3.63, 3.8) is 0 Å². The van der Waals surface area contributed by atoms with Crippen LogP contribution in [-0.2, 0) is 0 Å². The van der Waals surface area contributed by atoms with E-state index in [0.29, 0.717) is 23.0 Å². The Morgan fingerprint density at radius 1 is 1.05 bits per heavy atom. The van der Waals surface area contributed by atoms with E-state index in [0.717, 1.165) is 14.5 Å². The molecule has 0 aliphatic heterocycles. The van der Waals surface area contributed by atoms with Crippen LogP contribution in [0.5, 0.6) is 11.5 Å². The molecule has 0 unspecified atom stereocenters. The SMILES string of the molecule is CC(C)c1cc(Br)ccc1Oc1cc(Br)ccc1C(N)=O. The van der Waals surface area contributed by atoms with Gasteiger partial charge in [0, 0.05) is 8.95 Å². The Morgan fingerprint density at radius 3 is 2.29 bits per heavy atom. The van der Waals surface area contributed by atoms with Crippen molar-refractivity contribution in [1.29, 1.82) is 0 Å². The van der Waals surface area contributed by atoms with E-state index >= 15 is 0 Å². The van der Waals surface area contributed by atoms with Gasteiger partial charge in [-0.2, -0.15) is 0 Å². The highest BCUT2D eigenvalue weighted by atomic mass is 79.9. The molecular weight excluding hydrogens is 398 g/mol. The van der Waals surface area contributed by atoms with E-state index in [1.807, 2.05) is 18.2 Å². The third-order valence-corrected chi connectivity index (χ3v) is 4.01. The number of primary amides is 1. The normalized spacial score (nSPS) is 10.7. The van der Waals surface area contributed by atoms with Crippen LogP contribution in [0.1, 0.15) is 35.7 Å². The number of rotatable bonds is 4. The molecule has 0 aromatic heterocycles. The molecule has 2 rings (SSSR count). The second-order valence-electron chi connectivity index (χ2n) is 4.94. The first-order valence-electron chi connectivity index (χ1n) is 6.45. The summed E-state index contributed by atoms with van der Waals surface area (Å²) in [6.07, 6.45) is 0. The van der Waals surface area contributed by atoms with E-state index < -0.39 is 5.91 Å². The zero-order valence-corrected chi connectivity index (χ0v) is 14.9. The second kappa shape index (κ2) is 6.62.